The van der Waals surface area contributed by atoms with Crippen LogP contribution in [0.15, 0.2) is 48.8 Å². The maximum absolute atomic E-state index is 4.03. The van der Waals surface area contributed by atoms with Gasteiger partial charge in [0.15, 0.2) is 0 Å². The molecule has 0 aliphatic rings. The lowest BCUT2D eigenvalue weighted by Crippen LogP contribution is -2.01. The minimum atomic E-state index is 1.05. The molecule has 2 heteroatoms. The van der Waals surface area contributed by atoms with Crippen molar-refractivity contribution in [3.8, 4) is 0 Å². The van der Waals surface area contributed by atoms with Crippen molar-refractivity contribution in [1.29, 1.82) is 0 Å². The topological polar surface area (TPSA) is 24.9 Å². The number of nitrogens with zero attached hydrogens (tertiary/aromatic N) is 1. The maximum Gasteiger partial charge on any atom is 0.0340 e. The van der Waals surface area contributed by atoms with Crippen molar-refractivity contribution in [3.05, 3.63) is 59.9 Å². The number of aryl methyl sites for hydroxylation is 2. The molecule has 0 unspecified atom stereocenters. The number of nitrogens with one attached hydrogen (secondary N) is 1. The number of anilines is 1. The van der Waals surface area contributed by atoms with Crippen LogP contribution in [0.4, 0.5) is 5.69 Å². The lowest BCUT2D eigenvalue weighted by Gasteiger charge is -2.06. The van der Waals surface area contributed by atoms with E-state index in [2.05, 4.69) is 53.6 Å². The zero-order valence-corrected chi connectivity index (χ0v) is 11.6. The van der Waals surface area contributed by atoms with Crippen LogP contribution in [-0.4, -0.2) is 11.5 Å². The summed E-state index contributed by atoms with van der Waals surface area (Å²) in [5.41, 5.74) is 3.92. The third kappa shape index (κ3) is 5.12. The summed E-state index contributed by atoms with van der Waals surface area (Å²) < 4.78 is 0. The Balaban J connectivity index is 1.56. The van der Waals surface area contributed by atoms with Crippen molar-refractivity contribution in [1.82, 2.24) is 4.98 Å². The first-order valence-electron chi connectivity index (χ1n) is 7.04. The van der Waals surface area contributed by atoms with Crippen LogP contribution in [0.3, 0.4) is 0 Å². The summed E-state index contributed by atoms with van der Waals surface area (Å²) in [5.74, 6) is 0. The summed E-state index contributed by atoms with van der Waals surface area (Å²) in [4.78, 5) is 4.03. The van der Waals surface area contributed by atoms with Crippen LogP contribution in [0, 0.1) is 6.92 Å². The molecule has 1 heterocycles. The molecule has 0 radical (unpaired) electrons. The van der Waals surface area contributed by atoms with E-state index in [1.165, 1.54) is 36.1 Å². The van der Waals surface area contributed by atoms with Gasteiger partial charge in [0.25, 0.3) is 0 Å². The average Bonchev–Trinajstić information content (AvgIpc) is 2.46. The van der Waals surface area contributed by atoms with Gasteiger partial charge in [0, 0.05) is 24.6 Å². The largest absolute Gasteiger partial charge is 0.385 e. The molecule has 1 aromatic carbocycles. The third-order valence-electron chi connectivity index (χ3n) is 3.27. The van der Waals surface area contributed by atoms with E-state index in [9.17, 15) is 0 Å². The zero-order chi connectivity index (χ0) is 13.3. The molecule has 0 spiro atoms. The molecule has 1 N–H and O–H groups in total. The number of benzene rings is 1. The van der Waals surface area contributed by atoms with Gasteiger partial charge in [-0.05, 0) is 56.0 Å². The Labute approximate surface area is 115 Å². The fraction of sp³-hybridized carbons (Fsp3) is 0.353. The quantitative estimate of drug-likeness (QED) is 0.748. The average molecular weight is 254 g/mol. The molecule has 0 saturated heterocycles. The number of rotatable bonds is 7. The number of hydrogen-bond acceptors (Lipinski definition) is 2. The molecule has 2 aromatic rings. The zero-order valence-electron chi connectivity index (χ0n) is 11.6. The second kappa shape index (κ2) is 7.57. The van der Waals surface area contributed by atoms with Gasteiger partial charge in [-0.15, -0.1) is 0 Å². The van der Waals surface area contributed by atoms with Crippen molar-refractivity contribution >= 4 is 5.69 Å². The first-order chi connectivity index (χ1) is 9.34. The molecule has 0 amide bonds. The molecule has 0 saturated carbocycles. The predicted molar refractivity (Wildman–Crippen MR) is 81.5 cm³/mol. The van der Waals surface area contributed by atoms with Gasteiger partial charge in [-0.25, -0.2) is 0 Å². The Kier molecular flexibility index (Phi) is 5.42. The maximum atomic E-state index is 4.03. The van der Waals surface area contributed by atoms with Crippen LogP contribution in [0.1, 0.15) is 30.4 Å². The van der Waals surface area contributed by atoms with E-state index in [-0.39, 0.29) is 0 Å². The van der Waals surface area contributed by atoms with Crippen LogP contribution in [0.25, 0.3) is 0 Å². The molecular formula is C17H22N2. The highest BCUT2D eigenvalue weighted by Gasteiger charge is 1.94. The van der Waals surface area contributed by atoms with Gasteiger partial charge in [-0.1, -0.05) is 24.1 Å². The number of pyridine rings is 1. The summed E-state index contributed by atoms with van der Waals surface area (Å²) in [5, 5.41) is 3.46. The molecule has 0 aliphatic carbocycles. The van der Waals surface area contributed by atoms with E-state index in [1.54, 1.807) is 0 Å². The van der Waals surface area contributed by atoms with Gasteiger partial charge < -0.3 is 5.32 Å². The molecule has 0 atom stereocenters. The van der Waals surface area contributed by atoms with Crippen molar-refractivity contribution < 1.29 is 0 Å². The first-order valence-corrected chi connectivity index (χ1v) is 7.04. The van der Waals surface area contributed by atoms with E-state index in [0.29, 0.717) is 0 Å². The summed E-state index contributed by atoms with van der Waals surface area (Å²) in [6.45, 7) is 3.17. The molecular weight excluding hydrogens is 232 g/mol. The van der Waals surface area contributed by atoms with Crippen LogP contribution in [0.5, 0.6) is 0 Å². The number of aromatic nitrogens is 1. The van der Waals surface area contributed by atoms with Gasteiger partial charge in [-0.2, -0.15) is 0 Å². The third-order valence-corrected chi connectivity index (χ3v) is 3.27. The lowest BCUT2D eigenvalue weighted by molar-refractivity contribution is 0.698. The molecule has 1 aromatic heterocycles. The van der Waals surface area contributed by atoms with Gasteiger partial charge in [0.1, 0.15) is 0 Å². The lowest BCUT2D eigenvalue weighted by atomic mass is 10.1. The highest BCUT2D eigenvalue weighted by Crippen LogP contribution is 2.09. The monoisotopic (exact) mass is 254 g/mol. The van der Waals surface area contributed by atoms with Crippen LogP contribution in [-0.2, 0) is 6.42 Å². The van der Waals surface area contributed by atoms with Gasteiger partial charge in [0.05, 0.1) is 0 Å². The SMILES string of the molecule is Cc1ccc(NCCCCCc2ccncc2)cc1. The van der Waals surface area contributed by atoms with Crippen LogP contribution < -0.4 is 5.32 Å². The van der Waals surface area contributed by atoms with Crippen molar-refractivity contribution in [2.75, 3.05) is 11.9 Å². The molecule has 2 nitrogen and oxygen atoms in total. The van der Waals surface area contributed by atoms with E-state index < -0.39 is 0 Å². The van der Waals surface area contributed by atoms with Gasteiger partial charge >= 0.3 is 0 Å². The molecule has 2 rings (SSSR count). The van der Waals surface area contributed by atoms with Crippen LogP contribution in [0.2, 0.25) is 0 Å². The Bertz CT molecular complexity index is 462. The Morgan fingerprint density at radius 2 is 1.63 bits per heavy atom. The van der Waals surface area contributed by atoms with Crippen molar-refractivity contribution in [2.24, 2.45) is 0 Å². The van der Waals surface area contributed by atoms with Crippen molar-refractivity contribution in [2.45, 2.75) is 32.6 Å². The van der Waals surface area contributed by atoms with Gasteiger partial charge in [0.2, 0.25) is 0 Å². The van der Waals surface area contributed by atoms with Crippen molar-refractivity contribution in [3.63, 3.8) is 0 Å². The first kappa shape index (κ1) is 13.6. The van der Waals surface area contributed by atoms with E-state index in [0.717, 1.165) is 13.0 Å². The Morgan fingerprint density at radius 1 is 0.895 bits per heavy atom. The normalized spacial score (nSPS) is 10.4. The smallest absolute Gasteiger partial charge is 0.0340 e. The number of hydrogen-bond donors (Lipinski definition) is 1. The summed E-state index contributed by atoms with van der Waals surface area (Å²) in [6.07, 6.45) is 8.63. The molecule has 19 heavy (non-hydrogen) atoms. The van der Waals surface area contributed by atoms with Gasteiger partial charge in [-0.3, -0.25) is 4.98 Å². The minimum Gasteiger partial charge on any atom is -0.385 e. The number of unbranched alkanes of at least 4 members (excludes halogenated alkanes) is 2. The predicted octanol–water partition coefficient (Wildman–Crippen LogP) is 4.21. The molecule has 0 bridgehead atoms. The second-order valence-corrected chi connectivity index (χ2v) is 4.96. The summed E-state index contributed by atoms with van der Waals surface area (Å²) in [7, 11) is 0. The second-order valence-electron chi connectivity index (χ2n) is 4.96. The fourth-order valence-corrected chi connectivity index (χ4v) is 2.08. The van der Waals surface area contributed by atoms with E-state index in [4.69, 9.17) is 0 Å². The molecule has 0 aliphatic heterocycles. The fourth-order valence-electron chi connectivity index (χ4n) is 2.08. The Hall–Kier alpha value is -1.83. The summed E-state index contributed by atoms with van der Waals surface area (Å²) in [6, 6.07) is 12.8. The highest BCUT2D eigenvalue weighted by molar-refractivity contribution is 5.44. The Morgan fingerprint density at radius 3 is 2.37 bits per heavy atom. The van der Waals surface area contributed by atoms with E-state index >= 15 is 0 Å². The highest BCUT2D eigenvalue weighted by atomic mass is 14.9. The summed E-state index contributed by atoms with van der Waals surface area (Å²) >= 11 is 0. The molecule has 0 fully saturated rings. The molecule has 100 valence electrons. The standard InChI is InChI=1S/C17H22N2/c1-15-6-8-17(9-7-15)19-12-4-2-3-5-16-10-13-18-14-11-16/h6-11,13-14,19H,2-5,12H2,1H3. The van der Waals surface area contributed by atoms with Crippen LogP contribution >= 0.6 is 0 Å². The van der Waals surface area contributed by atoms with E-state index in [1.807, 2.05) is 12.4 Å². The minimum absolute atomic E-state index is 1.05.